The number of carbonyl (C=O) groups is 3. The Balaban J connectivity index is 1.81. The normalized spacial score (nSPS) is 16.4. The Labute approximate surface area is 186 Å². The molecule has 1 unspecified atom stereocenters. The van der Waals surface area contributed by atoms with Crippen LogP contribution < -0.4 is 15.5 Å². The zero-order chi connectivity index (χ0) is 23.7. The Bertz CT molecular complexity index is 1050. The van der Waals surface area contributed by atoms with Crippen LogP contribution in [0.5, 0.6) is 0 Å². The van der Waals surface area contributed by atoms with Gasteiger partial charge >= 0.3 is 6.18 Å². The van der Waals surface area contributed by atoms with Crippen LogP contribution in [0.1, 0.15) is 27.0 Å². The first kappa shape index (κ1) is 23.7. The van der Waals surface area contributed by atoms with Gasteiger partial charge in [0.1, 0.15) is 6.61 Å². The van der Waals surface area contributed by atoms with Crippen LogP contribution in [0.4, 0.5) is 24.5 Å². The van der Waals surface area contributed by atoms with Crippen LogP contribution in [0.2, 0.25) is 0 Å². The predicted octanol–water partition coefficient (Wildman–Crippen LogP) is 3.42. The second kappa shape index (κ2) is 8.91. The maximum absolute atomic E-state index is 13.8. The van der Waals surface area contributed by atoms with Crippen molar-refractivity contribution in [3.05, 3.63) is 45.6 Å². The van der Waals surface area contributed by atoms with Gasteiger partial charge in [-0.2, -0.15) is 13.2 Å². The van der Waals surface area contributed by atoms with E-state index >= 15 is 0 Å². The topological polar surface area (TPSA) is 87.7 Å². The molecule has 3 amide bonds. The molecule has 1 aliphatic rings. The molecule has 32 heavy (non-hydrogen) atoms. The quantitative estimate of drug-likeness (QED) is 0.703. The highest BCUT2D eigenvalue weighted by Gasteiger charge is 2.58. The van der Waals surface area contributed by atoms with Crippen molar-refractivity contribution in [2.75, 3.05) is 30.0 Å². The summed E-state index contributed by atoms with van der Waals surface area (Å²) < 4.78 is 46.6. The number of anilines is 2. The lowest BCUT2D eigenvalue weighted by atomic mass is 9.99. The molecular formula is C21H22F3N3O4S. The fourth-order valence-electron chi connectivity index (χ4n) is 3.17. The summed E-state index contributed by atoms with van der Waals surface area (Å²) in [6.45, 7) is 4.69. The summed E-state index contributed by atoms with van der Waals surface area (Å²) in [5.41, 5.74) is -1.89. The number of amides is 3. The SMILES string of the molecule is Cc1ccc(C(=O)NC(C)(C(=O)Nc2ccc(N3CCOCC3=O)c(C)c2)C(F)(F)F)s1. The van der Waals surface area contributed by atoms with Gasteiger partial charge in [0, 0.05) is 22.8 Å². The van der Waals surface area contributed by atoms with Crippen molar-refractivity contribution in [3.63, 3.8) is 0 Å². The molecule has 1 atom stereocenters. The first-order chi connectivity index (χ1) is 14.9. The average molecular weight is 469 g/mol. The van der Waals surface area contributed by atoms with E-state index in [9.17, 15) is 27.6 Å². The van der Waals surface area contributed by atoms with Gasteiger partial charge in [-0.1, -0.05) is 0 Å². The Morgan fingerprint density at radius 1 is 1.16 bits per heavy atom. The third-order valence-corrected chi connectivity index (χ3v) is 6.08. The van der Waals surface area contributed by atoms with Gasteiger partial charge < -0.3 is 20.3 Å². The zero-order valence-corrected chi connectivity index (χ0v) is 18.4. The second-order valence-electron chi connectivity index (χ2n) is 7.54. The summed E-state index contributed by atoms with van der Waals surface area (Å²) in [7, 11) is 0. The minimum Gasteiger partial charge on any atom is -0.370 e. The van der Waals surface area contributed by atoms with Crippen molar-refractivity contribution in [2.24, 2.45) is 0 Å². The van der Waals surface area contributed by atoms with E-state index < -0.39 is 23.5 Å². The lowest BCUT2D eigenvalue weighted by Crippen LogP contribution is -2.63. The van der Waals surface area contributed by atoms with Gasteiger partial charge in [-0.05, 0) is 56.7 Å². The molecule has 0 aliphatic carbocycles. The van der Waals surface area contributed by atoms with Crippen molar-refractivity contribution in [1.82, 2.24) is 5.32 Å². The number of halogens is 3. The molecule has 0 radical (unpaired) electrons. The lowest BCUT2D eigenvalue weighted by molar-refractivity contribution is -0.190. The highest BCUT2D eigenvalue weighted by molar-refractivity contribution is 7.13. The van der Waals surface area contributed by atoms with E-state index in [0.717, 1.165) is 16.2 Å². The lowest BCUT2D eigenvalue weighted by Gasteiger charge is -2.31. The first-order valence-electron chi connectivity index (χ1n) is 9.68. The number of benzene rings is 1. The molecular weight excluding hydrogens is 447 g/mol. The Hall–Kier alpha value is -2.92. The Kier molecular flexibility index (Phi) is 6.61. The van der Waals surface area contributed by atoms with Gasteiger partial charge in [-0.3, -0.25) is 14.4 Å². The van der Waals surface area contributed by atoms with Crippen molar-refractivity contribution >= 4 is 40.4 Å². The number of carbonyl (C=O) groups excluding carboxylic acids is 3. The molecule has 1 fully saturated rings. The van der Waals surface area contributed by atoms with Crippen LogP contribution in [-0.4, -0.2) is 49.2 Å². The van der Waals surface area contributed by atoms with Gasteiger partial charge in [-0.15, -0.1) is 11.3 Å². The molecule has 2 aromatic rings. The van der Waals surface area contributed by atoms with Gasteiger partial charge in [0.05, 0.1) is 11.5 Å². The van der Waals surface area contributed by atoms with E-state index in [2.05, 4.69) is 5.32 Å². The fourth-order valence-corrected chi connectivity index (χ4v) is 3.93. The number of hydrogen-bond donors (Lipinski definition) is 2. The number of alkyl halides is 3. The van der Waals surface area contributed by atoms with Crippen LogP contribution in [0.25, 0.3) is 0 Å². The monoisotopic (exact) mass is 469 g/mol. The maximum Gasteiger partial charge on any atom is 0.420 e. The molecule has 1 saturated heterocycles. The molecule has 172 valence electrons. The first-order valence-corrected chi connectivity index (χ1v) is 10.5. The van der Waals surface area contributed by atoms with E-state index in [1.165, 1.54) is 23.1 Å². The fraction of sp³-hybridized carbons (Fsp3) is 0.381. The second-order valence-corrected chi connectivity index (χ2v) is 8.83. The van der Waals surface area contributed by atoms with Gasteiger partial charge in [0.15, 0.2) is 0 Å². The van der Waals surface area contributed by atoms with Crippen LogP contribution in [0.15, 0.2) is 30.3 Å². The predicted molar refractivity (Wildman–Crippen MR) is 114 cm³/mol. The zero-order valence-electron chi connectivity index (χ0n) is 17.6. The molecule has 7 nitrogen and oxygen atoms in total. The highest BCUT2D eigenvalue weighted by Crippen LogP contribution is 2.33. The van der Waals surface area contributed by atoms with E-state index in [-0.39, 0.29) is 23.1 Å². The van der Waals surface area contributed by atoms with Gasteiger partial charge in [0.25, 0.3) is 17.7 Å². The third-order valence-electron chi connectivity index (χ3n) is 5.08. The summed E-state index contributed by atoms with van der Waals surface area (Å²) >= 11 is 1.03. The molecule has 1 aromatic heterocycles. The largest absolute Gasteiger partial charge is 0.420 e. The van der Waals surface area contributed by atoms with Gasteiger partial charge in [0.2, 0.25) is 5.54 Å². The number of rotatable bonds is 5. The maximum atomic E-state index is 13.8. The number of nitrogens with one attached hydrogen (secondary N) is 2. The van der Waals surface area contributed by atoms with Crippen LogP contribution in [0, 0.1) is 13.8 Å². The van der Waals surface area contributed by atoms with Crippen molar-refractivity contribution < 1.29 is 32.3 Å². The minimum atomic E-state index is -5.05. The molecule has 11 heteroatoms. The molecule has 1 aromatic carbocycles. The van der Waals surface area contributed by atoms with Crippen LogP contribution in [-0.2, 0) is 14.3 Å². The summed E-state index contributed by atoms with van der Waals surface area (Å²) in [5, 5.41) is 4.07. The summed E-state index contributed by atoms with van der Waals surface area (Å²) in [5.74, 6) is -2.65. The summed E-state index contributed by atoms with van der Waals surface area (Å²) in [4.78, 5) is 39.4. The van der Waals surface area contributed by atoms with Crippen LogP contribution >= 0.6 is 11.3 Å². The standard InChI is InChI=1S/C21H22F3N3O4S/c1-12-10-14(5-6-15(12)27-8-9-31-11-17(27)28)25-19(30)20(3,21(22,23)24)26-18(29)16-7-4-13(2)32-16/h4-7,10H,8-9,11H2,1-3H3,(H,25,30)(H,26,29). The smallest absolute Gasteiger partial charge is 0.370 e. The van der Waals surface area contributed by atoms with E-state index in [0.29, 0.717) is 31.3 Å². The van der Waals surface area contributed by atoms with Gasteiger partial charge in [-0.25, -0.2) is 0 Å². The molecule has 1 aliphatic heterocycles. The highest BCUT2D eigenvalue weighted by atomic mass is 32.1. The third kappa shape index (κ3) is 4.78. The van der Waals surface area contributed by atoms with Crippen molar-refractivity contribution in [3.8, 4) is 0 Å². The molecule has 2 N–H and O–H groups in total. The Morgan fingerprint density at radius 2 is 1.88 bits per heavy atom. The number of ether oxygens (including phenoxy) is 1. The average Bonchev–Trinajstić information content (AvgIpc) is 3.14. The number of morpholine rings is 1. The molecule has 0 spiro atoms. The minimum absolute atomic E-state index is 0.0503. The molecule has 3 rings (SSSR count). The summed E-state index contributed by atoms with van der Waals surface area (Å²) in [6.07, 6.45) is -5.05. The number of aryl methyl sites for hydroxylation is 2. The summed E-state index contributed by atoms with van der Waals surface area (Å²) in [6, 6.07) is 7.43. The molecule has 0 saturated carbocycles. The van der Waals surface area contributed by atoms with Crippen LogP contribution in [0.3, 0.4) is 0 Å². The van der Waals surface area contributed by atoms with Crippen molar-refractivity contribution in [2.45, 2.75) is 32.5 Å². The number of hydrogen-bond acceptors (Lipinski definition) is 5. The number of nitrogens with zero attached hydrogens (tertiary/aromatic N) is 1. The van der Waals surface area contributed by atoms with E-state index in [1.807, 2.05) is 5.32 Å². The Morgan fingerprint density at radius 3 is 2.44 bits per heavy atom. The molecule has 0 bridgehead atoms. The van der Waals surface area contributed by atoms with Crippen molar-refractivity contribution in [1.29, 1.82) is 0 Å². The molecule has 2 heterocycles. The number of thiophene rings is 1. The van der Waals surface area contributed by atoms with E-state index in [4.69, 9.17) is 4.74 Å². The van der Waals surface area contributed by atoms with E-state index in [1.54, 1.807) is 26.0 Å².